The van der Waals surface area contributed by atoms with E-state index in [9.17, 15) is 9.59 Å². The number of rotatable bonds is 28. The number of aliphatic carboxylic acids is 2. The minimum Gasteiger partial charge on any atom is -0.481 e. The molecule has 0 fully saturated rings. The number of hydrogen-bond donors (Lipinski definition) is 3. The molecule has 0 rings (SSSR count). The van der Waals surface area contributed by atoms with Crippen LogP contribution < -0.4 is 0 Å². The first-order chi connectivity index (χ1) is 16.6. The van der Waals surface area contributed by atoms with Crippen molar-refractivity contribution in [2.24, 2.45) is 0 Å². The first-order valence-electron chi connectivity index (χ1n) is 14.7. The minimum atomic E-state index is -0.762. The van der Waals surface area contributed by atoms with Crippen molar-refractivity contribution in [2.75, 3.05) is 17.3 Å². The lowest BCUT2D eigenvalue weighted by atomic mass is 10.0. The van der Waals surface area contributed by atoms with Crippen LogP contribution in [0.3, 0.4) is 0 Å². The second-order valence-corrected chi connectivity index (χ2v) is 12.9. The average molecular weight is 503 g/mol. The van der Waals surface area contributed by atoms with Gasteiger partial charge >= 0.3 is 11.9 Å². The van der Waals surface area contributed by atoms with E-state index >= 15 is 0 Å². The van der Waals surface area contributed by atoms with Crippen LogP contribution in [0.4, 0.5) is 0 Å². The molecule has 34 heavy (non-hydrogen) atoms. The summed E-state index contributed by atoms with van der Waals surface area (Å²) in [6.07, 6.45) is 29.3. The topological polar surface area (TPSA) is 74.6 Å². The molecule has 204 valence electrons. The molecule has 0 aromatic carbocycles. The van der Waals surface area contributed by atoms with Crippen molar-refractivity contribution in [3.63, 3.8) is 0 Å². The normalized spacial score (nSPS) is 11.6. The number of hydrogen-bond acceptors (Lipinski definition) is 2. The molecule has 0 unspecified atom stereocenters. The summed E-state index contributed by atoms with van der Waals surface area (Å²) in [5, 5.41) is 17.8. The van der Waals surface area contributed by atoms with Gasteiger partial charge in [-0.05, 0) is 23.7 Å². The number of unbranched alkanes of at least 4 members (excludes halogenated alkanes) is 20. The molecule has 0 spiro atoms. The summed E-state index contributed by atoms with van der Waals surface area (Å²) < 4.78 is 0. The highest BCUT2D eigenvalue weighted by Crippen LogP contribution is 2.29. The zero-order chi connectivity index (χ0) is 25.1. The van der Waals surface area contributed by atoms with Crippen LogP contribution in [-0.2, 0) is 9.59 Å². The fourth-order valence-corrected chi connectivity index (χ4v) is 6.97. The summed E-state index contributed by atoms with van der Waals surface area (Å²) in [6, 6.07) is 0. The lowest BCUT2D eigenvalue weighted by Gasteiger charge is -2.19. The van der Waals surface area contributed by atoms with E-state index in [1.54, 1.807) is 0 Å². The van der Waals surface area contributed by atoms with Crippen LogP contribution >= 0.6 is 10.9 Å². The number of carbonyl (C=O) groups is 2. The summed E-state index contributed by atoms with van der Waals surface area (Å²) in [7, 11) is -0.434. The standard InChI is InChI=1S/C29H58O4S/c1-2-3-4-5-6-7-8-9-10-11-12-13-14-15-16-17-18-19-20-21-22-25-34(26-23-28(30)31)27-24-29(32)33/h34H,2-27H2,1H3,(H,30,31)(H,32,33). The van der Waals surface area contributed by atoms with Gasteiger partial charge in [0.15, 0.2) is 0 Å². The molecule has 0 aromatic rings. The fraction of sp³-hybridized carbons (Fsp3) is 0.931. The molecule has 0 heterocycles. The van der Waals surface area contributed by atoms with E-state index in [4.69, 9.17) is 10.2 Å². The summed E-state index contributed by atoms with van der Waals surface area (Å²) >= 11 is 0. The molecular formula is C29H58O4S. The van der Waals surface area contributed by atoms with Crippen LogP contribution in [-0.4, -0.2) is 39.4 Å². The van der Waals surface area contributed by atoms with E-state index in [0.717, 1.165) is 12.2 Å². The van der Waals surface area contributed by atoms with Gasteiger partial charge in [-0.25, -0.2) is 0 Å². The van der Waals surface area contributed by atoms with Gasteiger partial charge in [0.25, 0.3) is 0 Å². The quantitative estimate of drug-likeness (QED) is 0.0736. The Morgan fingerprint density at radius 1 is 0.441 bits per heavy atom. The predicted octanol–water partition coefficient (Wildman–Crippen LogP) is 9.15. The molecule has 0 bridgehead atoms. The van der Waals surface area contributed by atoms with Gasteiger partial charge in [0.2, 0.25) is 0 Å². The van der Waals surface area contributed by atoms with Crippen molar-refractivity contribution in [1.29, 1.82) is 0 Å². The molecule has 0 atom stereocenters. The average Bonchev–Trinajstić information content (AvgIpc) is 2.81. The Morgan fingerprint density at radius 3 is 0.971 bits per heavy atom. The van der Waals surface area contributed by atoms with E-state index in [0.29, 0.717) is 11.5 Å². The van der Waals surface area contributed by atoms with Crippen molar-refractivity contribution in [3.05, 3.63) is 0 Å². The van der Waals surface area contributed by atoms with E-state index < -0.39 is 22.8 Å². The Kier molecular flexibility index (Phi) is 26.3. The lowest BCUT2D eigenvalue weighted by molar-refractivity contribution is -0.137. The summed E-state index contributed by atoms with van der Waals surface area (Å²) in [5.74, 6) is 0.867. The van der Waals surface area contributed by atoms with E-state index in [2.05, 4.69) is 6.92 Å². The van der Waals surface area contributed by atoms with Gasteiger partial charge in [0.1, 0.15) is 0 Å². The Morgan fingerprint density at radius 2 is 0.706 bits per heavy atom. The van der Waals surface area contributed by atoms with Crippen LogP contribution in [0.2, 0.25) is 0 Å². The molecule has 0 aliphatic rings. The molecular weight excluding hydrogens is 444 g/mol. The van der Waals surface area contributed by atoms with Crippen LogP contribution in [0.1, 0.15) is 155 Å². The zero-order valence-corrected chi connectivity index (χ0v) is 23.4. The molecule has 5 heteroatoms. The van der Waals surface area contributed by atoms with Crippen molar-refractivity contribution in [2.45, 2.75) is 155 Å². The Bertz CT molecular complexity index is 437. The van der Waals surface area contributed by atoms with Crippen molar-refractivity contribution in [1.82, 2.24) is 0 Å². The highest BCUT2D eigenvalue weighted by Gasteiger charge is 2.09. The molecule has 0 saturated carbocycles. The summed E-state index contributed by atoms with van der Waals surface area (Å²) in [4.78, 5) is 21.6. The maximum Gasteiger partial charge on any atom is 0.304 e. The first kappa shape index (κ1) is 33.3. The summed E-state index contributed by atoms with van der Waals surface area (Å²) in [5.41, 5.74) is 0. The number of carboxylic acids is 2. The van der Waals surface area contributed by atoms with Crippen molar-refractivity contribution >= 4 is 22.8 Å². The van der Waals surface area contributed by atoms with Gasteiger partial charge < -0.3 is 10.2 Å². The summed E-state index contributed by atoms with van der Waals surface area (Å²) in [6.45, 7) is 2.28. The molecule has 0 aromatic heterocycles. The molecule has 0 amide bonds. The smallest absolute Gasteiger partial charge is 0.304 e. The predicted molar refractivity (Wildman–Crippen MR) is 151 cm³/mol. The third-order valence-corrected chi connectivity index (χ3v) is 9.52. The molecule has 0 aliphatic carbocycles. The highest BCUT2D eigenvalue weighted by molar-refractivity contribution is 8.17. The SMILES string of the molecule is CCCCCCCCCCCCCCCCCCCCCCC[SH](CCC(=O)O)CCC(=O)O. The zero-order valence-electron chi connectivity index (χ0n) is 22.5. The van der Waals surface area contributed by atoms with E-state index in [-0.39, 0.29) is 12.8 Å². The first-order valence-corrected chi connectivity index (χ1v) is 16.6. The fourth-order valence-electron chi connectivity index (χ4n) is 4.61. The van der Waals surface area contributed by atoms with Gasteiger partial charge in [-0.2, -0.15) is 0 Å². The third-order valence-electron chi connectivity index (χ3n) is 6.86. The molecule has 0 radical (unpaired) electrons. The largest absolute Gasteiger partial charge is 0.481 e. The van der Waals surface area contributed by atoms with E-state index in [1.165, 1.54) is 128 Å². The van der Waals surface area contributed by atoms with E-state index in [1.807, 2.05) is 0 Å². The second kappa shape index (κ2) is 26.9. The molecule has 4 nitrogen and oxygen atoms in total. The Labute approximate surface area is 214 Å². The minimum absolute atomic E-state index is 0.185. The van der Waals surface area contributed by atoms with Crippen LogP contribution in [0.15, 0.2) is 0 Å². The number of carboxylic acid groups (broad SMARTS) is 2. The van der Waals surface area contributed by atoms with Gasteiger partial charge in [0, 0.05) is 0 Å². The van der Waals surface area contributed by atoms with Gasteiger partial charge in [-0.1, -0.05) is 135 Å². The van der Waals surface area contributed by atoms with Crippen LogP contribution in [0.5, 0.6) is 0 Å². The van der Waals surface area contributed by atoms with Crippen molar-refractivity contribution < 1.29 is 19.8 Å². The second-order valence-electron chi connectivity index (χ2n) is 10.2. The monoisotopic (exact) mass is 502 g/mol. The maximum absolute atomic E-state index is 10.8. The third kappa shape index (κ3) is 27.5. The van der Waals surface area contributed by atoms with Gasteiger partial charge in [-0.15, -0.1) is 0 Å². The van der Waals surface area contributed by atoms with Crippen molar-refractivity contribution in [3.8, 4) is 0 Å². The van der Waals surface area contributed by atoms with Gasteiger partial charge in [0.05, 0.1) is 12.8 Å². The number of thiol groups is 1. The highest BCUT2D eigenvalue weighted by atomic mass is 32.2. The van der Waals surface area contributed by atoms with Crippen LogP contribution in [0.25, 0.3) is 0 Å². The Hall–Kier alpha value is -0.710. The molecule has 0 aliphatic heterocycles. The maximum atomic E-state index is 10.8. The molecule has 2 N–H and O–H groups in total. The van der Waals surface area contributed by atoms with Gasteiger partial charge in [-0.3, -0.25) is 20.5 Å². The molecule has 0 saturated heterocycles. The van der Waals surface area contributed by atoms with Crippen LogP contribution in [0, 0.1) is 0 Å². The lowest BCUT2D eigenvalue weighted by Crippen LogP contribution is -2.08. The Balaban J connectivity index is 3.33.